The number of aryl methyl sites for hydroxylation is 1. The van der Waals surface area contributed by atoms with Crippen LogP contribution in [0, 0.1) is 24.7 Å². The summed E-state index contributed by atoms with van der Waals surface area (Å²) in [5.41, 5.74) is 8.21. The summed E-state index contributed by atoms with van der Waals surface area (Å²) < 4.78 is 66.3. The molecule has 0 spiro atoms. The largest absolute Gasteiger partial charge is 0.389 e. The van der Waals surface area contributed by atoms with Gasteiger partial charge in [0.05, 0.1) is 11.4 Å². The molecule has 3 amide bonds. The number of hydrogen-bond acceptors (Lipinski definition) is 4. The van der Waals surface area contributed by atoms with Crippen molar-refractivity contribution in [1.29, 1.82) is 0 Å². The molecule has 4 N–H and O–H groups in total. The molecule has 1 saturated carbocycles. The Hall–Kier alpha value is -3.83. The van der Waals surface area contributed by atoms with E-state index in [4.69, 9.17) is 5.73 Å². The van der Waals surface area contributed by atoms with Gasteiger partial charge in [0.25, 0.3) is 5.91 Å². The molecule has 40 heavy (non-hydrogen) atoms. The Balaban J connectivity index is 1.66. The van der Waals surface area contributed by atoms with Crippen molar-refractivity contribution in [3.05, 3.63) is 65.2 Å². The Kier molecular flexibility index (Phi) is 8.27. The standard InChI is InChI=1S/C28H29F5N4O3/c1-15-6-5-9-19-21(15)36-26(40)24(35-22(19)17-7-3-2-4-8-17)37-25(39)18(10-11-28(31,32)33)20(23(34)38)12-16-13-27(29,30)14-16/h2-9,16,18,20,24H,10-14H2,1H3,(H2,34,38)(H,36,40)(H,37,39)/t18?,20?,24-/m1/s1. The molecule has 7 nitrogen and oxygen atoms in total. The molecular formula is C28H29F5N4O3. The number of amides is 3. The molecule has 1 heterocycles. The number of fused-ring (bicyclic) bond motifs is 1. The Morgan fingerprint density at radius 2 is 1.77 bits per heavy atom. The lowest BCUT2D eigenvalue weighted by atomic mass is 9.72. The maximum Gasteiger partial charge on any atom is 0.389 e. The van der Waals surface area contributed by atoms with Crippen molar-refractivity contribution in [3.63, 3.8) is 0 Å². The van der Waals surface area contributed by atoms with Crippen molar-refractivity contribution in [3.8, 4) is 0 Å². The van der Waals surface area contributed by atoms with Crippen LogP contribution in [0.25, 0.3) is 0 Å². The van der Waals surface area contributed by atoms with Crippen molar-refractivity contribution < 1.29 is 36.3 Å². The Morgan fingerprint density at radius 3 is 2.38 bits per heavy atom. The third-order valence-electron chi connectivity index (χ3n) is 7.30. The SMILES string of the molecule is Cc1cccc2c1NC(=O)[C@@H](NC(=O)C(CCC(F)(F)F)C(CC1CC(F)(F)C1)C(N)=O)N=C2c1ccccc1. The zero-order valence-corrected chi connectivity index (χ0v) is 21.6. The van der Waals surface area contributed by atoms with E-state index in [0.717, 1.165) is 5.56 Å². The summed E-state index contributed by atoms with van der Waals surface area (Å²) in [5.74, 6) is -9.49. The third kappa shape index (κ3) is 6.83. The molecule has 0 bridgehead atoms. The molecule has 2 unspecified atom stereocenters. The van der Waals surface area contributed by atoms with E-state index in [1.807, 2.05) is 0 Å². The number of nitrogens with zero attached hydrogens (tertiary/aromatic N) is 1. The number of alkyl halides is 5. The molecule has 2 aromatic carbocycles. The molecule has 1 aliphatic carbocycles. The van der Waals surface area contributed by atoms with Crippen LogP contribution in [0.15, 0.2) is 53.5 Å². The molecule has 1 aliphatic heterocycles. The van der Waals surface area contributed by atoms with Gasteiger partial charge in [0.2, 0.25) is 23.9 Å². The molecule has 0 aromatic heterocycles. The van der Waals surface area contributed by atoms with Gasteiger partial charge in [-0.2, -0.15) is 13.2 Å². The molecule has 2 aromatic rings. The third-order valence-corrected chi connectivity index (χ3v) is 7.30. The van der Waals surface area contributed by atoms with Gasteiger partial charge in [-0.1, -0.05) is 48.5 Å². The van der Waals surface area contributed by atoms with E-state index in [-0.39, 0.29) is 6.42 Å². The van der Waals surface area contributed by atoms with Gasteiger partial charge < -0.3 is 16.4 Å². The summed E-state index contributed by atoms with van der Waals surface area (Å²) in [6, 6.07) is 14.1. The number of rotatable bonds is 9. The van der Waals surface area contributed by atoms with Crippen LogP contribution >= 0.6 is 0 Å². The van der Waals surface area contributed by atoms with Crippen LogP contribution in [0.1, 0.15) is 48.8 Å². The number of hydrogen-bond donors (Lipinski definition) is 3. The van der Waals surface area contributed by atoms with Gasteiger partial charge in [-0.3, -0.25) is 14.4 Å². The van der Waals surface area contributed by atoms with E-state index in [1.165, 1.54) is 0 Å². The summed E-state index contributed by atoms with van der Waals surface area (Å²) in [5, 5.41) is 5.13. The van der Waals surface area contributed by atoms with Gasteiger partial charge >= 0.3 is 6.18 Å². The van der Waals surface area contributed by atoms with Crippen molar-refractivity contribution >= 4 is 29.1 Å². The fourth-order valence-corrected chi connectivity index (χ4v) is 5.27. The molecule has 0 radical (unpaired) electrons. The van der Waals surface area contributed by atoms with E-state index in [2.05, 4.69) is 15.6 Å². The topological polar surface area (TPSA) is 114 Å². The van der Waals surface area contributed by atoms with Crippen molar-refractivity contribution in [2.24, 2.45) is 28.5 Å². The highest BCUT2D eigenvalue weighted by molar-refractivity contribution is 6.20. The highest BCUT2D eigenvalue weighted by Crippen LogP contribution is 2.46. The quantitative estimate of drug-likeness (QED) is 0.383. The fraction of sp³-hybridized carbons (Fsp3) is 0.429. The van der Waals surface area contributed by atoms with Gasteiger partial charge in [0, 0.05) is 42.2 Å². The molecule has 0 saturated heterocycles. The highest BCUT2D eigenvalue weighted by Gasteiger charge is 2.48. The number of nitrogens with one attached hydrogen (secondary N) is 2. The number of nitrogens with two attached hydrogens (primary N) is 1. The van der Waals surface area contributed by atoms with Gasteiger partial charge in [0.15, 0.2) is 0 Å². The molecule has 12 heteroatoms. The van der Waals surface area contributed by atoms with Crippen molar-refractivity contribution in [1.82, 2.24) is 5.32 Å². The molecular weight excluding hydrogens is 535 g/mol. The number of anilines is 1. The van der Waals surface area contributed by atoms with E-state index in [1.54, 1.807) is 55.5 Å². The second-order valence-electron chi connectivity index (χ2n) is 10.4. The second kappa shape index (κ2) is 11.3. The molecule has 2 aliphatic rings. The van der Waals surface area contributed by atoms with Crippen LogP contribution in [0.3, 0.4) is 0 Å². The lowest BCUT2D eigenvalue weighted by Gasteiger charge is -2.38. The second-order valence-corrected chi connectivity index (χ2v) is 10.4. The first-order valence-corrected chi connectivity index (χ1v) is 12.8. The number of benzodiazepines with no additional fused rings is 1. The van der Waals surface area contributed by atoms with Crippen LogP contribution < -0.4 is 16.4 Å². The van der Waals surface area contributed by atoms with Crippen LogP contribution in [-0.4, -0.2) is 41.7 Å². The number of benzene rings is 2. The van der Waals surface area contributed by atoms with Crippen LogP contribution in [-0.2, 0) is 14.4 Å². The monoisotopic (exact) mass is 564 g/mol. The Labute approximate surface area is 227 Å². The minimum Gasteiger partial charge on any atom is -0.369 e. The maximum absolute atomic E-state index is 13.4. The van der Waals surface area contributed by atoms with Crippen LogP contribution in [0.2, 0.25) is 0 Å². The van der Waals surface area contributed by atoms with Crippen LogP contribution in [0.5, 0.6) is 0 Å². The predicted octanol–water partition coefficient (Wildman–Crippen LogP) is 4.72. The predicted molar refractivity (Wildman–Crippen MR) is 138 cm³/mol. The van der Waals surface area contributed by atoms with Crippen molar-refractivity contribution in [2.75, 3.05) is 5.32 Å². The van der Waals surface area contributed by atoms with Crippen LogP contribution in [0.4, 0.5) is 27.6 Å². The number of para-hydroxylation sites is 1. The normalized spacial score (nSPS) is 20.2. The van der Waals surface area contributed by atoms with E-state index >= 15 is 0 Å². The number of carbonyl (C=O) groups excluding carboxylic acids is 3. The first-order valence-electron chi connectivity index (χ1n) is 12.8. The number of aliphatic imine (C=N–C) groups is 1. The van der Waals surface area contributed by atoms with E-state index in [0.29, 0.717) is 22.5 Å². The molecule has 4 rings (SSSR count). The smallest absolute Gasteiger partial charge is 0.369 e. The number of halogens is 5. The lowest BCUT2D eigenvalue weighted by Crippen LogP contribution is -2.49. The van der Waals surface area contributed by atoms with E-state index < -0.39 is 79.4 Å². The van der Waals surface area contributed by atoms with Gasteiger partial charge in [0.1, 0.15) is 0 Å². The summed E-state index contributed by atoms with van der Waals surface area (Å²) >= 11 is 0. The maximum atomic E-state index is 13.4. The Morgan fingerprint density at radius 1 is 1.10 bits per heavy atom. The average Bonchev–Trinajstić information content (AvgIpc) is 2.99. The summed E-state index contributed by atoms with van der Waals surface area (Å²) in [4.78, 5) is 43.4. The fourth-order valence-electron chi connectivity index (χ4n) is 5.27. The molecule has 1 fully saturated rings. The lowest BCUT2D eigenvalue weighted by molar-refractivity contribution is -0.149. The Bertz CT molecular complexity index is 1300. The number of carbonyl (C=O) groups is 3. The van der Waals surface area contributed by atoms with E-state index in [9.17, 15) is 36.3 Å². The van der Waals surface area contributed by atoms with Crippen molar-refractivity contribution in [2.45, 2.75) is 57.3 Å². The minimum absolute atomic E-state index is 0.263. The molecule has 3 atom stereocenters. The van der Waals surface area contributed by atoms with Gasteiger partial charge in [-0.15, -0.1) is 0 Å². The average molecular weight is 565 g/mol. The zero-order valence-electron chi connectivity index (χ0n) is 21.6. The zero-order chi connectivity index (χ0) is 29.2. The summed E-state index contributed by atoms with van der Waals surface area (Å²) in [6.07, 6.45) is -9.77. The van der Waals surface area contributed by atoms with Gasteiger partial charge in [-0.05, 0) is 31.2 Å². The van der Waals surface area contributed by atoms with Gasteiger partial charge in [-0.25, -0.2) is 13.8 Å². The highest BCUT2D eigenvalue weighted by atomic mass is 19.4. The summed E-state index contributed by atoms with van der Waals surface area (Å²) in [6.45, 7) is 1.77. The first kappa shape index (κ1) is 29.2. The molecule has 214 valence electrons. The first-order chi connectivity index (χ1) is 18.7. The minimum atomic E-state index is -4.65. The summed E-state index contributed by atoms with van der Waals surface area (Å²) in [7, 11) is 0. The number of primary amides is 1.